The zero-order valence-electron chi connectivity index (χ0n) is 25.9. The first-order valence-electron chi connectivity index (χ1n) is 16.4. The average molecular weight is 575 g/mol. The first kappa shape index (κ1) is 31.2. The molecular weight excluding hydrogens is 524 g/mol. The molecule has 0 amide bonds. The van der Waals surface area contributed by atoms with Crippen molar-refractivity contribution in [3.05, 3.63) is 144 Å². The Balaban J connectivity index is 1.31. The second kappa shape index (κ2) is 17.7. The fourth-order valence-electron chi connectivity index (χ4n) is 6.28. The zero-order chi connectivity index (χ0) is 29.4. The van der Waals surface area contributed by atoms with Gasteiger partial charge in [-0.05, 0) is 80.8 Å². The Labute approximate surface area is 260 Å². The van der Waals surface area contributed by atoms with Gasteiger partial charge >= 0.3 is 0 Å². The van der Waals surface area contributed by atoms with Crippen molar-refractivity contribution >= 4 is 0 Å². The van der Waals surface area contributed by atoms with E-state index < -0.39 is 0 Å². The molecule has 4 heteroatoms. The fourth-order valence-corrected chi connectivity index (χ4v) is 6.28. The molecule has 4 aromatic rings. The highest BCUT2D eigenvalue weighted by molar-refractivity contribution is 5.17. The van der Waals surface area contributed by atoms with Crippen molar-refractivity contribution in [1.29, 1.82) is 0 Å². The summed E-state index contributed by atoms with van der Waals surface area (Å²) in [7, 11) is 0. The van der Waals surface area contributed by atoms with Gasteiger partial charge in [-0.1, -0.05) is 121 Å². The second-order valence-corrected chi connectivity index (χ2v) is 12.1. The molecule has 1 aliphatic rings. The number of nitrogens with zero attached hydrogens (tertiary/aromatic N) is 4. The van der Waals surface area contributed by atoms with E-state index in [-0.39, 0.29) is 0 Å². The standard InChI is InChI=1S/C39H50N4/c1-5-16-36(17-6-1)32-40-24-13-25-41(33-37-18-7-2-8-19-37)27-15-29-43(35-39-22-11-4-12-23-39)31-30-42(28-14-26-40)34-38-20-9-3-10-21-38/h1-12,16-23H,13-15,24-35H2. The minimum absolute atomic E-state index is 1.02. The van der Waals surface area contributed by atoms with E-state index in [9.17, 15) is 0 Å². The van der Waals surface area contributed by atoms with Crippen LogP contribution in [0.1, 0.15) is 41.5 Å². The molecule has 0 atom stereocenters. The highest BCUT2D eigenvalue weighted by Crippen LogP contribution is 2.13. The van der Waals surface area contributed by atoms with Crippen LogP contribution in [0, 0.1) is 0 Å². The van der Waals surface area contributed by atoms with Gasteiger partial charge in [0.15, 0.2) is 0 Å². The van der Waals surface area contributed by atoms with Crippen molar-refractivity contribution in [2.24, 2.45) is 0 Å². The molecular formula is C39H50N4. The summed E-state index contributed by atoms with van der Waals surface area (Å²) in [6, 6.07) is 44.1. The highest BCUT2D eigenvalue weighted by Gasteiger charge is 2.15. The molecule has 0 bridgehead atoms. The summed E-state index contributed by atoms with van der Waals surface area (Å²) in [5.74, 6) is 0. The highest BCUT2D eigenvalue weighted by atomic mass is 15.2. The molecule has 1 heterocycles. The molecule has 43 heavy (non-hydrogen) atoms. The van der Waals surface area contributed by atoms with E-state index in [4.69, 9.17) is 0 Å². The van der Waals surface area contributed by atoms with Gasteiger partial charge in [-0.15, -0.1) is 0 Å². The lowest BCUT2D eigenvalue weighted by Gasteiger charge is -2.29. The smallest absolute Gasteiger partial charge is 0.0234 e. The molecule has 5 rings (SSSR count). The van der Waals surface area contributed by atoms with E-state index in [1.54, 1.807) is 0 Å². The zero-order valence-corrected chi connectivity index (χ0v) is 25.9. The molecule has 226 valence electrons. The predicted octanol–water partition coefficient (Wildman–Crippen LogP) is 7.18. The van der Waals surface area contributed by atoms with Crippen LogP contribution >= 0.6 is 0 Å². The van der Waals surface area contributed by atoms with E-state index in [2.05, 4.69) is 141 Å². The molecule has 1 saturated heterocycles. The van der Waals surface area contributed by atoms with Crippen molar-refractivity contribution in [2.45, 2.75) is 45.4 Å². The summed E-state index contributed by atoms with van der Waals surface area (Å²) >= 11 is 0. The lowest BCUT2D eigenvalue weighted by atomic mass is 10.2. The van der Waals surface area contributed by atoms with Crippen LogP contribution in [0.5, 0.6) is 0 Å². The van der Waals surface area contributed by atoms with Crippen LogP contribution < -0.4 is 0 Å². The maximum absolute atomic E-state index is 2.69. The molecule has 0 aromatic heterocycles. The largest absolute Gasteiger partial charge is 0.299 e. The van der Waals surface area contributed by atoms with E-state index in [1.165, 1.54) is 41.5 Å². The molecule has 4 aromatic carbocycles. The van der Waals surface area contributed by atoms with E-state index >= 15 is 0 Å². The predicted molar refractivity (Wildman–Crippen MR) is 181 cm³/mol. The molecule has 1 aliphatic heterocycles. The van der Waals surface area contributed by atoms with Crippen LogP contribution in [-0.2, 0) is 26.2 Å². The summed E-state index contributed by atoms with van der Waals surface area (Å²) in [6.07, 6.45) is 3.57. The lowest BCUT2D eigenvalue weighted by molar-refractivity contribution is 0.178. The number of hydrogen-bond acceptors (Lipinski definition) is 4. The van der Waals surface area contributed by atoms with Gasteiger partial charge in [-0.25, -0.2) is 0 Å². The summed E-state index contributed by atoms with van der Waals surface area (Å²) in [5.41, 5.74) is 5.65. The summed E-state index contributed by atoms with van der Waals surface area (Å²) in [5, 5.41) is 0. The normalized spacial score (nSPS) is 17.7. The minimum atomic E-state index is 1.02. The molecule has 0 radical (unpaired) electrons. The molecule has 0 saturated carbocycles. The van der Waals surface area contributed by atoms with E-state index in [0.717, 1.165) is 78.5 Å². The Hall–Kier alpha value is -3.28. The van der Waals surface area contributed by atoms with Crippen LogP contribution in [0.3, 0.4) is 0 Å². The van der Waals surface area contributed by atoms with Gasteiger partial charge < -0.3 is 0 Å². The van der Waals surface area contributed by atoms with Gasteiger partial charge in [-0.3, -0.25) is 19.6 Å². The van der Waals surface area contributed by atoms with Gasteiger partial charge in [0, 0.05) is 39.3 Å². The van der Waals surface area contributed by atoms with Gasteiger partial charge in [0.05, 0.1) is 0 Å². The third-order valence-electron chi connectivity index (χ3n) is 8.57. The molecule has 0 unspecified atom stereocenters. The minimum Gasteiger partial charge on any atom is -0.299 e. The molecule has 0 aliphatic carbocycles. The fraction of sp³-hybridized carbons (Fsp3) is 0.385. The van der Waals surface area contributed by atoms with Crippen LogP contribution in [0.25, 0.3) is 0 Å². The molecule has 0 N–H and O–H groups in total. The average Bonchev–Trinajstić information content (AvgIpc) is 3.05. The second-order valence-electron chi connectivity index (χ2n) is 12.1. The monoisotopic (exact) mass is 574 g/mol. The first-order valence-corrected chi connectivity index (χ1v) is 16.4. The lowest BCUT2D eigenvalue weighted by Crippen LogP contribution is -2.37. The summed E-state index contributed by atoms with van der Waals surface area (Å²) in [4.78, 5) is 10.8. The van der Waals surface area contributed by atoms with E-state index in [0.29, 0.717) is 0 Å². The Bertz CT molecular complexity index is 1160. The van der Waals surface area contributed by atoms with Crippen LogP contribution in [0.4, 0.5) is 0 Å². The molecule has 0 spiro atoms. The van der Waals surface area contributed by atoms with Crippen molar-refractivity contribution in [2.75, 3.05) is 52.4 Å². The number of rotatable bonds is 8. The SMILES string of the molecule is c1ccc(CN2CCCN(Cc3ccccc3)CCCN(Cc3ccccc3)CCN(Cc3ccccc3)CCC2)cc1. The Morgan fingerprint density at radius 3 is 0.721 bits per heavy atom. The third-order valence-corrected chi connectivity index (χ3v) is 8.57. The van der Waals surface area contributed by atoms with Crippen molar-refractivity contribution in [1.82, 2.24) is 19.6 Å². The Morgan fingerprint density at radius 2 is 0.488 bits per heavy atom. The van der Waals surface area contributed by atoms with Gasteiger partial charge in [0.1, 0.15) is 0 Å². The maximum atomic E-state index is 2.69. The van der Waals surface area contributed by atoms with Crippen LogP contribution in [0.2, 0.25) is 0 Å². The van der Waals surface area contributed by atoms with Gasteiger partial charge in [0.25, 0.3) is 0 Å². The first-order chi connectivity index (χ1) is 21.3. The van der Waals surface area contributed by atoms with Crippen molar-refractivity contribution in [3.8, 4) is 0 Å². The van der Waals surface area contributed by atoms with Gasteiger partial charge in [0.2, 0.25) is 0 Å². The maximum Gasteiger partial charge on any atom is 0.0234 e. The summed E-state index contributed by atoms with van der Waals surface area (Å²) in [6.45, 7) is 13.1. The molecule has 4 nitrogen and oxygen atoms in total. The number of hydrogen-bond donors (Lipinski definition) is 0. The van der Waals surface area contributed by atoms with Crippen molar-refractivity contribution < 1.29 is 0 Å². The number of benzene rings is 4. The van der Waals surface area contributed by atoms with Crippen molar-refractivity contribution in [3.63, 3.8) is 0 Å². The Morgan fingerprint density at radius 1 is 0.279 bits per heavy atom. The quantitative estimate of drug-likeness (QED) is 0.221. The van der Waals surface area contributed by atoms with Crippen LogP contribution in [0.15, 0.2) is 121 Å². The van der Waals surface area contributed by atoms with Crippen LogP contribution in [-0.4, -0.2) is 72.0 Å². The van der Waals surface area contributed by atoms with E-state index in [1.807, 2.05) is 0 Å². The Kier molecular flexibility index (Phi) is 12.9. The summed E-state index contributed by atoms with van der Waals surface area (Å²) < 4.78 is 0. The molecule has 1 fully saturated rings. The topological polar surface area (TPSA) is 13.0 Å². The van der Waals surface area contributed by atoms with Gasteiger partial charge in [-0.2, -0.15) is 0 Å². The third kappa shape index (κ3) is 11.4.